The summed E-state index contributed by atoms with van der Waals surface area (Å²) in [6.45, 7) is 0.555. The molecule has 0 N–H and O–H groups in total. The Labute approximate surface area is 135 Å². The van der Waals surface area contributed by atoms with Gasteiger partial charge in [-0.3, -0.25) is 4.79 Å². The van der Waals surface area contributed by atoms with Crippen molar-refractivity contribution in [2.75, 3.05) is 19.1 Å². The number of amides is 1. The largest absolute Gasteiger partial charge is 0.493 e. The van der Waals surface area contributed by atoms with Gasteiger partial charge in [0.05, 0.1) is 20.8 Å². The number of benzene rings is 2. The second kappa shape index (κ2) is 5.30. The average Bonchev–Trinajstić information content (AvgIpc) is 3.39. The van der Waals surface area contributed by atoms with Crippen LogP contribution < -0.4 is 14.4 Å². The first-order valence-corrected chi connectivity index (χ1v) is 7.84. The van der Waals surface area contributed by atoms with Crippen LogP contribution in [0.2, 0.25) is 0 Å². The molecule has 4 heteroatoms. The standard InChI is InChI=1S/C19H19NO3/c1-22-17-8-7-12(9-18(17)23-2)11-20-16-6-4-3-5-13(16)14-10-15(14)19(20)21/h3-9,14-15H,10-11H2,1-2H3. The molecule has 1 aliphatic heterocycles. The third-order valence-corrected chi connectivity index (χ3v) is 4.79. The van der Waals surface area contributed by atoms with Crippen LogP contribution in [0.25, 0.3) is 0 Å². The van der Waals surface area contributed by atoms with Crippen molar-refractivity contribution < 1.29 is 14.3 Å². The van der Waals surface area contributed by atoms with Gasteiger partial charge in [-0.15, -0.1) is 0 Å². The molecule has 1 amide bonds. The van der Waals surface area contributed by atoms with Gasteiger partial charge in [0, 0.05) is 11.6 Å². The van der Waals surface area contributed by atoms with Crippen molar-refractivity contribution in [2.45, 2.75) is 18.9 Å². The fraction of sp³-hybridized carbons (Fsp3) is 0.316. The van der Waals surface area contributed by atoms with E-state index in [-0.39, 0.29) is 11.8 Å². The zero-order chi connectivity index (χ0) is 16.0. The van der Waals surface area contributed by atoms with Crippen LogP contribution in [0.5, 0.6) is 11.5 Å². The summed E-state index contributed by atoms with van der Waals surface area (Å²) in [5, 5.41) is 0. The maximum Gasteiger partial charge on any atom is 0.231 e. The zero-order valence-electron chi connectivity index (χ0n) is 13.3. The van der Waals surface area contributed by atoms with E-state index in [0.717, 1.165) is 17.7 Å². The van der Waals surface area contributed by atoms with Crippen molar-refractivity contribution in [3.05, 3.63) is 53.6 Å². The number of methoxy groups -OCH3 is 2. The van der Waals surface area contributed by atoms with Gasteiger partial charge >= 0.3 is 0 Å². The number of hydrogen-bond donors (Lipinski definition) is 0. The van der Waals surface area contributed by atoms with Crippen LogP contribution in [-0.2, 0) is 11.3 Å². The van der Waals surface area contributed by atoms with Crippen LogP contribution in [0.1, 0.15) is 23.5 Å². The van der Waals surface area contributed by atoms with Gasteiger partial charge in [0.1, 0.15) is 0 Å². The van der Waals surface area contributed by atoms with E-state index < -0.39 is 0 Å². The number of hydrogen-bond acceptors (Lipinski definition) is 3. The molecule has 23 heavy (non-hydrogen) atoms. The van der Waals surface area contributed by atoms with Crippen LogP contribution in [0.3, 0.4) is 0 Å². The SMILES string of the molecule is COc1ccc(CN2C(=O)C3CC3c3ccccc32)cc1OC. The molecule has 118 valence electrons. The summed E-state index contributed by atoms with van der Waals surface area (Å²) in [6.07, 6.45) is 0.984. The second-order valence-corrected chi connectivity index (χ2v) is 6.12. The summed E-state index contributed by atoms with van der Waals surface area (Å²) in [6, 6.07) is 14.0. The number of para-hydroxylation sites is 1. The molecule has 2 atom stereocenters. The van der Waals surface area contributed by atoms with E-state index in [1.807, 2.05) is 35.2 Å². The molecule has 1 heterocycles. The van der Waals surface area contributed by atoms with Crippen LogP contribution in [-0.4, -0.2) is 20.1 Å². The van der Waals surface area contributed by atoms with Gasteiger partial charge in [0.25, 0.3) is 0 Å². The lowest BCUT2D eigenvalue weighted by Crippen LogP contribution is -2.35. The summed E-state index contributed by atoms with van der Waals surface area (Å²) in [5.74, 6) is 2.23. The number of nitrogens with zero attached hydrogens (tertiary/aromatic N) is 1. The lowest BCUT2D eigenvalue weighted by atomic mass is 10.0. The first kappa shape index (κ1) is 14.1. The Balaban J connectivity index is 1.68. The highest BCUT2D eigenvalue weighted by molar-refractivity contribution is 6.01. The molecule has 4 rings (SSSR count). The minimum absolute atomic E-state index is 0.171. The first-order chi connectivity index (χ1) is 11.2. The van der Waals surface area contributed by atoms with Crippen molar-refractivity contribution in [2.24, 2.45) is 5.92 Å². The van der Waals surface area contributed by atoms with E-state index in [2.05, 4.69) is 12.1 Å². The predicted molar refractivity (Wildman–Crippen MR) is 88.0 cm³/mol. The van der Waals surface area contributed by atoms with E-state index in [9.17, 15) is 4.79 Å². The Kier molecular flexibility index (Phi) is 3.26. The topological polar surface area (TPSA) is 38.8 Å². The highest BCUT2D eigenvalue weighted by atomic mass is 16.5. The fourth-order valence-corrected chi connectivity index (χ4v) is 3.50. The Morgan fingerprint density at radius 1 is 1.04 bits per heavy atom. The Morgan fingerprint density at radius 2 is 1.83 bits per heavy atom. The summed E-state index contributed by atoms with van der Waals surface area (Å²) < 4.78 is 10.6. The number of carbonyl (C=O) groups is 1. The van der Waals surface area contributed by atoms with Crippen molar-refractivity contribution in [1.29, 1.82) is 0 Å². The third-order valence-electron chi connectivity index (χ3n) is 4.79. The Morgan fingerprint density at radius 3 is 2.61 bits per heavy atom. The maximum atomic E-state index is 12.7. The van der Waals surface area contributed by atoms with Gasteiger partial charge in [-0.25, -0.2) is 0 Å². The van der Waals surface area contributed by atoms with E-state index in [1.54, 1.807) is 14.2 Å². The summed E-state index contributed by atoms with van der Waals surface area (Å²) in [5.41, 5.74) is 3.38. The molecule has 2 aromatic rings. The minimum Gasteiger partial charge on any atom is -0.493 e. The van der Waals surface area contributed by atoms with Crippen LogP contribution in [0.15, 0.2) is 42.5 Å². The number of fused-ring (bicyclic) bond motifs is 3. The molecule has 1 aliphatic carbocycles. The number of carbonyl (C=O) groups excluding carboxylic acids is 1. The van der Waals surface area contributed by atoms with Gasteiger partial charge in [-0.05, 0) is 41.7 Å². The maximum absolute atomic E-state index is 12.7. The summed E-state index contributed by atoms with van der Waals surface area (Å²) >= 11 is 0. The number of anilines is 1. The Bertz CT molecular complexity index is 771. The number of ether oxygens (including phenoxy) is 2. The van der Waals surface area contributed by atoms with Gasteiger partial charge in [0.15, 0.2) is 11.5 Å². The molecule has 2 unspecified atom stereocenters. The Hall–Kier alpha value is -2.49. The summed E-state index contributed by atoms with van der Waals surface area (Å²) in [7, 11) is 3.24. The minimum atomic E-state index is 0.171. The van der Waals surface area contributed by atoms with Gasteiger partial charge in [0.2, 0.25) is 5.91 Å². The quantitative estimate of drug-likeness (QED) is 0.869. The summed E-state index contributed by atoms with van der Waals surface area (Å²) in [4.78, 5) is 14.6. The molecule has 0 saturated heterocycles. The molecule has 0 aromatic heterocycles. The lowest BCUT2D eigenvalue weighted by Gasteiger charge is -2.29. The molecule has 2 aliphatic rings. The predicted octanol–water partition coefficient (Wildman–Crippen LogP) is 3.35. The highest BCUT2D eigenvalue weighted by Crippen LogP contribution is 2.55. The van der Waals surface area contributed by atoms with Gasteiger partial charge in [-0.2, -0.15) is 0 Å². The zero-order valence-corrected chi connectivity index (χ0v) is 13.3. The second-order valence-electron chi connectivity index (χ2n) is 6.12. The smallest absolute Gasteiger partial charge is 0.231 e. The fourth-order valence-electron chi connectivity index (χ4n) is 3.50. The van der Waals surface area contributed by atoms with Crippen molar-refractivity contribution in [3.8, 4) is 11.5 Å². The first-order valence-electron chi connectivity index (χ1n) is 7.84. The van der Waals surface area contributed by atoms with Crippen molar-refractivity contribution in [3.63, 3.8) is 0 Å². The monoisotopic (exact) mass is 309 g/mol. The molecule has 2 aromatic carbocycles. The number of rotatable bonds is 4. The van der Waals surface area contributed by atoms with Gasteiger partial charge < -0.3 is 14.4 Å². The van der Waals surface area contributed by atoms with E-state index in [1.165, 1.54) is 5.56 Å². The van der Waals surface area contributed by atoms with Crippen LogP contribution in [0.4, 0.5) is 5.69 Å². The molecule has 1 saturated carbocycles. The van der Waals surface area contributed by atoms with E-state index in [0.29, 0.717) is 24.0 Å². The average molecular weight is 309 g/mol. The van der Waals surface area contributed by atoms with Crippen molar-refractivity contribution >= 4 is 11.6 Å². The van der Waals surface area contributed by atoms with Gasteiger partial charge in [-0.1, -0.05) is 24.3 Å². The third kappa shape index (κ3) is 2.25. The lowest BCUT2D eigenvalue weighted by molar-refractivity contribution is -0.120. The molecular formula is C19H19NO3. The normalized spacial score (nSPS) is 21.5. The van der Waals surface area contributed by atoms with E-state index >= 15 is 0 Å². The van der Waals surface area contributed by atoms with E-state index in [4.69, 9.17) is 9.47 Å². The van der Waals surface area contributed by atoms with Crippen molar-refractivity contribution in [1.82, 2.24) is 0 Å². The molecule has 0 bridgehead atoms. The molecule has 1 fully saturated rings. The molecule has 0 radical (unpaired) electrons. The van der Waals surface area contributed by atoms with Crippen LogP contribution in [0, 0.1) is 5.92 Å². The molecular weight excluding hydrogens is 290 g/mol. The highest BCUT2D eigenvalue weighted by Gasteiger charge is 2.51. The molecule has 4 nitrogen and oxygen atoms in total. The molecule has 0 spiro atoms. The van der Waals surface area contributed by atoms with Crippen LogP contribution >= 0.6 is 0 Å².